The summed E-state index contributed by atoms with van der Waals surface area (Å²) in [7, 11) is 3.64. The maximum Gasteiger partial charge on any atom is 0.316 e. The third kappa shape index (κ3) is 6.40. The number of nitrogens with zero attached hydrogens (tertiary/aromatic N) is 6. The maximum atomic E-state index is 14.8. The zero-order valence-electron chi connectivity index (χ0n) is 23.8. The summed E-state index contributed by atoms with van der Waals surface area (Å²) in [6, 6.07) is 6.94. The van der Waals surface area contributed by atoms with Gasteiger partial charge in [0.05, 0.1) is 16.8 Å². The summed E-state index contributed by atoms with van der Waals surface area (Å²) in [6.45, 7) is 6.80. The number of amides is 1. The molecule has 0 spiro atoms. The highest BCUT2D eigenvalue weighted by atomic mass is 19.1. The van der Waals surface area contributed by atoms with Gasteiger partial charge < -0.3 is 20.3 Å². The average molecular weight is 559 g/mol. The van der Waals surface area contributed by atoms with Crippen molar-refractivity contribution in [3.8, 4) is 17.3 Å². The molecule has 214 valence electrons. The van der Waals surface area contributed by atoms with Gasteiger partial charge in [0.15, 0.2) is 0 Å². The van der Waals surface area contributed by atoms with Crippen molar-refractivity contribution in [3.05, 3.63) is 66.1 Å². The van der Waals surface area contributed by atoms with Gasteiger partial charge in [0.25, 0.3) is 5.91 Å². The van der Waals surface area contributed by atoms with Crippen LogP contribution in [0.1, 0.15) is 48.5 Å². The van der Waals surface area contributed by atoms with Gasteiger partial charge in [-0.3, -0.25) is 9.78 Å². The van der Waals surface area contributed by atoms with E-state index in [0.29, 0.717) is 29.6 Å². The summed E-state index contributed by atoms with van der Waals surface area (Å²) in [5, 5.41) is 6.21. The van der Waals surface area contributed by atoms with Crippen molar-refractivity contribution in [2.24, 2.45) is 5.92 Å². The summed E-state index contributed by atoms with van der Waals surface area (Å²) in [5.41, 5.74) is 3.11. The number of ether oxygens (including phenoxy) is 1. The molecular weight excluding hydrogens is 523 g/mol. The Balaban J connectivity index is 1.25. The summed E-state index contributed by atoms with van der Waals surface area (Å²) in [4.78, 5) is 36.6. The molecule has 1 aliphatic heterocycles. The predicted molar refractivity (Wildman–Crippen MR) is 155 cm³/mol. The van der Waals surface area contributed by atoms with Crippen LogP contribution >= 0.6 is 0 Å². The van der Waals surface area contributed by atoms with Crippen LogP contribution in [0.4, 0.5) is 10.2 Å². The van der Waals surface area contributed by atoms with E-state index in [4.69, 9.17) is 4.74 Å². The van der Waals surface area contributed by atoms with E-state index in [1.807, 2.05) is 6.07 Å². The van der Waals surface area contributed by atoms with Crippen LogP contribution in [0, 0.1) is 11.7 Å². The molecule has 2 N–H and O–H groups in total. The number of benzene rings is 1. The van der Waals surface area contributed by atoms with E-state index in [-0.39, 0.29) is 34.8 Å². The lowest BCUT2D eigenvalue weighted by atomic mass is 9.86. The molecule has 1 saturated heterocycles. The lowest BCUT2D eigenvalue weighted by molar-refractivity contribution is 0.0964. The normalized spacial score (nSPS) is 15.8. The summed E-state index contributed by atoms with van der Waals surface area (Å²) < 4.78 is 20.8. The molecule has 1 fully saturated rings. The standard InChI is InChI=1S/C30H35FN8O2/c1-18(19(2)22-5-6-24(31)27-23(29(40)32-3)7-10-33-28(22)27)14-34-26-13-25(37-17-38-26)20-15-35-30(36-16-20)41-21-8-11-39(4)12-9-21/h5-7,10,13,15-19,21H,8-9,11-12,14H2,1-4H3,(H,32,40)(H,34,37,38)/t18-,19?/m1/s1. The highest BCUT2D eigenvalue weighted by Crippen LogP contribution is 2.32. The molecule has 11 heteroatoms. The number of piperidine rings is 1. The molecular formula is C30H35FN8O2. The minimum atomic E-state index is -0.465. The average Bonchev–Trinajstić information content (AvgIpc) is 3.00. The number of carbonyl (C=O) groups excluding carboxylic acids is 1. The number of fused-ring (bicyclic) bond motifs is 1. The fourth-order valence-electron chi connectivity index (χ4n) is 5.06. The first-order valence-corrected chi connectivity index (χ1v) is 13.9. The number of aromatic nitrogens is 5. The number of hydrogen-bond acceptors (Lipinski definition) is 9. The maximum absolute atomic E-state index is 14.8. The molecule has 10 nitrogen and oxygen atoms in total. The Morgan fingerprint density at radius 1 is 1.10 bits per heavy atom. The molecule has 0 radical (unpaired) electrons. The second-order valence-electron chi connectivity index (χ2n) is 10.6. The Kier molecular flexibility index (Phi) is 8.63. The second-order valence-corrected chi connectivity index (χ2v) is 10.6. The minimum Gasteiger partial charge on any atom is -0.460 e. The minimum absolute atomic E-state index is 0.0184. The molecule has 1 amide bonds. The monoisotopic (exact) mass is 558 g/mol. The molecule has 4 aromatic rings. The van der Waals surface area contributed by atoms with Gasteiger partial charge in [0, 0.05) is 62.3 Å². The number of nitrogens with one attached hydrogen (secondary N) is 2. The number of carbonyl (C=O) groups is 1. The van der Waals surface area contributed by atoms with Crippen molar-refractivity contribution in [3.63, 3.8) is 0 Å². The van der Waals surface area contributed by atoms with Crippen molar-refractivity contribution in [2.75, 3.05) is 39.0 Å². The summed E-state index contributed by atoms with van der Waals surface area (Å²) in [6.07, 6.45) is 8.55. The zero-order valence-corrected chi connectivity index (χ0v) is 23.8. The van der Waals surface area contributed by atoms with Gasteiger partial charge in [-0.1, -0.05) is 19.9 Å². The second kappa shape index (κ2) is 12.5. The Morgan fingerprint density at radius 3 is 2.59 bits per heavy atom. The van der Waals surface area contributed by atoms with Crippen LogP contribution in [0.3, 0.4) is 0 Å². The number of pyridine rings is 1. The molecule has 1 unspecified atom stereocenters. The highest BCUT2D eigenvalue weighted by molar-refractivity contribution is 6.06. The highest BCUT2D eigenvalue weighted by Gasteiger charge is 2.22. The SMILES string of the molecule is CNC(=O)c1ccnc2c(C(C)[C@H](C)CNc3cc(-c4cnc(OC5CCN(C)CC5)nc4)ncn3)ccc(F)c12. The topological polar surface area (TPSA) is 118 Å². The summed E-state index contributed by atoms with van der Waals surface area (Å²) >= 11 is 0. The van der Waals surface area contributed by atoms with Gasteiger partial charge in [0.1, 0.15) is 24.1 Å². The van der Waals surface area contributed by atoms with E-state index in [1.165, 1.54) is 25.5 Å². The smallest absolute Gasteiger partial charge is 0.316 e. The Hall–Kier alpha value is -4.25. The molecule has 0 aliphatic carbocycles. The van der Waals surface area contributed by atoms with Crippen molar-refractivity contribution in [1.82, 2.24) is 35.1 Å². The Morgan fingerprint density at radius 2 is 1.85 bits per heavy atom. The van der Waals surface area contributed by atoms with E-state index < -0.39 is 5.82 Å². The molecule has 2 atom stereocenters. The van der Waals surface area contributed by atoms with Gasteiger partial charge in [-0.15, -0.1) is 0 Å². The molecule has 3 aromatic heterocycles. The van der Waals surface area contributed by atoms with E-state index >= 15 is 0 Å². The van der Waals surface area contributed by atoms with Gasteiger partial charge >= 0.3 is 6.01 Å². The number of likely N-dealkylation sites (tertiary alicyclic amines) is 1. The summed E-state index contributed by atoms with van der Waals surface area (Å²) in [5.74, 6) is 0.00830. The predicted octanol–water partition coefficient (Wildman–Crippen LogP) is 4.31. The van der Waals surface area contributed by atoms with Crippen LogP contribution in [0.2, 0.25) is 0 Å². The first-order valence-electron chi connectivity index (χ1n) is 13.9. The van der Waals surface area contributed by atoms with Crippen molar-refractivity contribution < 1.29 is 13.9 Å². The van der Waals surface area contributed by atoms with E-state index in [0.717, 1.165) is 37.1 Å². The van der Waals surface area contributed by atoms with Crippen molar-refractivity contribution in [1.29, 1.82) is 0 Å². The van der Waals surface area contributed by atoms with Crippen LogP contribution in [-0.2, 0) is 0 Å². The van der Waals surface area contributed by atoms with E-state index in [2.05, 4.69) is 61.3 Å². The third-order valence-corrected chi connectivity index (χ3v) is 7.82. The Bertz CT molecular complexity index is 1510. The Labute approximate surface area is 238 Å². The number of hydrogen-bond donors (Lipinski definition) is 2. The van der Waals surface area contributed by atoms with Gasteiger partial charge in [0.2, 0.25) is 0 Å². The van der Waals surface area contributed by atoms with Gasteiger partial charge in [-0.25, -0.2) is 24.3 Å². The van der Waals surface area contributed by atoms with E-state index in [1.54, 1.807) is 24.7 Å². The van der Waals surface area contributed by atoms with Crippen LogP contribution in [0.15, 0.2) is 49.2 Å². The quantitative estimate of drug-likeness (QED) is 0.310. The molecule has 5 rings (SSSR count). The number of halogens is 1. The molecule has 0 bridgehead atoms. The molecule has 1 aromatic carbocycles. The van der Waals surface area contributed by atoms with Crippen molar-refractivity contribution >= 4 is 22.6 Å². The van der Waals surface area contributed by atoms with Crippen molar-refractivity contribution in [2.45, 2.75) is 38.7 Å². The fourth-order valence-corrected chi connectivity index (χ4v) is 5.06. The lowest BCUT2D eigenvalue weighted by Crippen LogP contribution is -2.35. The molecule has 0 saturated carbocycles. The zero-order chi connectivity index (χ0) is 28.9. The van der Waals surface area contributed by atoms with Crippen LogP contribution in [-0.4, -0.2) is 75.6 Å². The number of rotatable bonds is 9. The number of anilines is 1. The van der Waals surface area contributed by atoms with Crippen LogP contribution in [0.5, 0.6) is 6.01 Å². The largest absolute Gasteiger partial charge is 0.460 e. The van der Waals surface area contributed by atoms with Gasteiger partial charge in [-0.05, 0) is 49.4 Å². The third-order valence-electron chi connectivity index (χ3n) is 7.82. The van der Waals surface area contributed by atoms with Crippen LogP contribution < -0.4 is 15.4 Å². The van der Waals surface area contributed by atoms with Gasteiger partial charge in [-0.2, -0.15) is 0 Å². The molecule has 41 heavy (non-hydrogen) atoms. The molecule has 1 aliphatic rings. The first kappa shape index (κ1) is 28.3. The lowest BCUT2D eigenvalue weighted by Gasteiger charge is -2.28. The first-order chi connectivity index (χ1) is 19.8. The molecule has 4 heterocycles. The van der Waals surface area contributed by atoms with E-state index in [9.17, 15) is 9.18 Å². The van der Waals surface area contributed by atoms with Crippen LogP contribution in [0.25, 0.3) is 22.2 Å². The fraction of sp³-hybridized carbons (Fsp3) is 0.400.